The van der Waals surface area contributed by atoms with E-state index in [4.69, 9.17) is 5.73 Å². The standard InChI is InChI=1S/C23H27F5N4O/c24-22(25)9-12(10-22)7-18(33)32-19(13-1-2-13)14-3-4-16-17(8-14)31-20(30-16)15(29)11-21(5-6-21)23(26,27)28/h3-4,8,12-13,15,19H,1-2,5-7,9-11,29H2,(H,30,31)(H,32,33)/t15-,19+/m0/s1. The van der Waals surface area contributed by atoms with Crippen molar-refractivity contribution in [2.24, 2.45) is 23.0 Å². The lowest BCUT2D eigenvalue weighted by molar-refractivity contribution is -0.190. The van der Waals surface area contributed by atoms with Gasteiger partial charge in [-0.3, -0.25) is 4.79 Å². The maximum absolute atomic E-state index is 13.3. The molecule has 180 valence electrons. The molecule has 1 aromatic heterocycles. The number of hydrogen-bond donors (Lipinski definition) is 3. The van der Waals surface area contributed by atoms with E-state index in [0.717, 1.165) is 18.4 Å². The molecule has 2 atom stereocenters. The summed E-state index contributed by atoms with van der Waals surface area (Å²) in [5.41, 5.74) is 6.48. The summed E-state index contributed by atoms with van der Waals surface area (Å²) in [6, 6.07) is 4.36. The molecular weight excluding hydrogens is 443 g/mol. The molecule has 0 aliphatic heterocycles. The monoisotopic (exact) mass is 470 g/mol. The van der Waals surface area contributed by atoms with Crippen LogP contribution in [-0.4, -0.2) is 28.0 Å². The highest BCUT2D eigenvalue weighted by atomic mass is 19.4. The van der Waals surface area contributed by atoms with Gasteiger partial charge in [0.25, 0.3) is 0 Å². The molecule has 10 heteroatoms. The quantitative estimate of drug-likeness (QED) is 0.458. The second-order valence-corrected chi connectivity index (χ2v) is 10.2. The second kappa shape index (κ2) is 7.65. The fraction of sp³-hybridized carbons (Fsp3) is 0.652. The summed E-state index contributed by atoms with van der Waals surface area (Å²) in [5.74, 6) is -2.58. The predicted octanol–water partition coefficient (Wildman–Crippen LogP) is 5.30. The maximum Gasteiger partial charge on any atom is 0.394 e. The van der Waals surface area contributed by atoms with Crippen molar-refractivity contribution < 1.29 is 26.7 Å². The number of rotatable bonds is 8. The number of hydrogen-bond acceptors (Lipinski definition) is 3. The summed E-state index contributed by atoms with van der Waals surface area (Å²) in [7, 11) is 0. The van der Waals surface area contributed by atoms with Crippen molar-refractivity contribution in [3.05, 3.63) is 29.6 Å². The first-order valence-corrected chi connectivity index (χ1v) is 11.4. The number of H-pyrrole nitrogens is 1. The van der Waals surface area contributed by atoms with Crippen LogP contribution in [0, 0.1) is 17.3 Å². The lowest BCUT2D eigenvalue weighted by Crippen LogP contribution is -2.39. The van der Waals surface area contributed by atoms with Crippen molar-refractivity contribution in [2.75, 3.05) is 0 Å². The number of nitrogens with zero attached hydrogens (tertiary/aromatic N) is 1. The molecule has 0 unspecified atom stereocenters. The van der Waals surface area contributed by atoms with Crippen LogP contribution in [0.25, 0.3) is 11.0 Å². The van der Waals surface area contributed by atoms with Crippen molar-refractivity contribution in [3.8, 4) is 0 Å². The highest BCUT2D eigenvalue weighted by Gasteiger charge is 2.63. The third-order valence-corrected chi connectivity index (χ3v) is 7.36. The van der Waals surface area contributed by atoms with E-state index in [1.165, 1.54) is 0 Å². The average molecular weight is 470 g/mol. The minimum Gasteiger partial charge on any atom is -0.349 e. The van der Waals surface area contributed by atoms with Crippen LogP contribution >= 0.6 is 0 Å². The molecule has 3 fully saturated rings. The van der Waals surface area contributed by atoms with Crippen LogP contribution in [0.1, 0.15) is 74.8 Å². The van der Waals surface area contributed by atoms with Crippen LogP contribution < -0.4 is 11.1 Å². The van der Waals surface area contributed by atoms with Gasteiger partial charge in [-0.05, 0) is 61.6 Å². The first-order chi connectivity index (χ1) is 15.4. The van der Waals surface area contributed by atoms with E-state index in [0.29, 0.717) is 16.9 Å². The van der Waals surface area contributed by atoms with Crippen molar-refractivity contribution in [1.82, 2.24) is 15.3 Å². The molecule has 5 rings (SSSR count). The molecule has 4 N–H and O–H groups in total. The van der Waals surface area contributed by atoms with Gasteiger partial charge in [-0.2, -0.15) is 13.2 Å². The minimum absolute atomic E-state index is 0.0884. The molecule has 33 heavy (non-hydrogen) atoms. The lowest BCUT2D eigenvalue weighted by atomic mass is 9.79. The first kappa shape index (κ1) is 22.6. The number of aromatic nitrogens is 2. The molecule has 5 nitrogen and oxygen atoms in total. The van der Waals surface area contributed by atoms with Gasteiger partial charge in [-0.1, -0.05) is 6.07 Å². The van der Waals surface area contributed by atoms with Crippen molar-refractivity contribution in [1.29, 1.82) is 0 Å². The number of aromatic amines is 1. The van der Waals surface area contributed by atoms with E-state index in [2.05, 4.69) is 15.3 Å². The molecule has 0 saturated heterocycles. The Hall–Kier alpha value is -2.23. The van der Waals surface area contributed by atoms with Crippen LogP contribution in [0.3, 0.4) is 0 Å². The van der Waals surface area contributed by atoms with Crippen LogP contribution in [0.2, 0.25) is 0 Å². The Kier molecular flexibility index (Phi) is 5.23. The summed E-state index contributed by atoms with van der Waals surface area (Å²) in [5, 5.41) is 3.00. The number of carbonyl (C=O) groups is 1. The van der Waals surface area contributed by atoms with E-state index in [1.54, 1.807) is 6.07 Å². The Morgan fingerprint density at radius 3 is 2.52 bits per heavy atom. The Morgan fingerprint density at radius 2 is 1.94 bits per heavy atom. The third-order valence-electron chi connectivity index (χ3n) is 7.36. The van der Waals surface area contributed by atoms with Crippen molar-refractivity contribution in [3.63, 3.8) is 0 Å². The highest BCUT2D eigenvalue weighted by Crippen LogP contribution is 2.61. The van der Waals surface area contributed by atoms with Crippen molar-refractivity contribution >= 4 is 16.9 Å². The molecule has 3 aliphatic carbocycles. The topological polar surface area (TPSA) is 83.8 Å². The third kappa shape index (κ3) is 4.58. The Labute approximate surface area is 187 Å². The fourth-order valence-corrected chi connectivity index (χ4v) is 5.01. The summed E-state index contributed by atoms with van der Waals surface area (Å²) < 4.78 is 66.0. The molecular formula is C23H27F5N4O. The van der Waals surface area contributed by atoms with Crippen LogP contribution in [-0.2, 0) is 4.79 Å². The molecule has 1 aromatic carbocycles. The number of nitrogens with one attached hydrogen (secondary N) is 2. The number of amides is 1. The molecule has 2 aromatic rings. The van der Waals surface area contributed by atoms with Crippen LogP contribution in [0.5, 0.6) is 0 Å². The number of imidazole rings is 1. The van der Waals surface area contributed by atoms with Gasteiger partial charge in [-0.15, -0.1) is 0 Å². The number of fused-ring (bicyclic) bond motifs is 1. The molecule has 0 bridgehead atoms. The van der Waals surface area contributed by atoms with Gasteiger partial charge >= 0.3 is 6.18 Å². The van der Waals surface area contributed by atoms with Gasteiger partial charge in [0, 0.05) is 19.3 Å². The first-order valence-electron chi connectivity index (χ1n) is 11.4. The predicted molar refractivity (Wildman–Crippen MR) is 111 cm³/mol. The summed E-state index contributed by atoms with van der Waals surface area (Å²) in [6.07, 6.45) is -2.76. The Morgan fingerprint density at radius 1 is 1.24 bits per heavy atom. The van der Waals surface area contributed by atoms with E-state index >= 15 is 0 Å². The Balaban J connectivity index is 1.28. The molecule has 1 amide bonds. The zero-order valence-electron chi connectivity index (χ0n) is 18.0. The SMILES string of the molecule is N[C@@H](CC1(C(F)(F)F)CC1)c1nc2ccc([C@H](NC(=O)CC3CC(F)(F)C3)C3CC3)cc2[nH]1. The molecule has 0 spiro atoms. The van der Waals surface area contributed by atoms with Gasteiger partial charge in [-0.25, -0.2) is 13.8 Å². The summed E-state index contributed by atoms with van der Waals surface area (Å²) in [4.78, 5) is 19.9. The van der Waals surface area contributed by atoms with Crippen LogP contribution in [0.15, 0.2) is 18.2 Å². The number of carbonyl (C=O) groups excluding carboxylic acids is 1. The van der Waals surface area contributed by atoms with Gasteiger partial charge in [0.1, 0.15) is 5.82 Å². The van der Waals surface area contributed by atoms with Gasteiger partial charge in [0.05, 0.1) is 28.5 Å². The molecule has 3 saturated carbocycles. The number of alkyl halides is 5. The fourth-order valence-electron chi connectivity index (χ4n) is 5.01. The highest BCUT2D eigenvalue weighted by molar-refractivity contribution is 5.78. The number of nitrogens with two attached hydrogens (primary N) is 1. The maximum atomic E-state index is 13.3. The largest absolute Gasteiger partial charge is 0.394 e. The van der Waals surface area contributed by atoms with Crippen LogP contribution in [0.4, 0.5) is 22.0 Å². The number of benzene rings is 1. The zero-order chi connectivity index (χ0) is 23.6. The molecule has 0 radical (unpaired) electrons. The lowest BCUT2D eigenvalue weighted by Gasteiger charge is -2.34. The average Bonchev–Trinajstić information content (AvgIpc) is 3.61. The van der Waals surface area contributed by atoms with E-state index in [9.17, 15) is 26.7 Å². The van der Waals surface area contributed by atoms with Crippen molar-refractivity contribution in [2.45, 2.75) is 75.5 Å². The number of halogens is 5. The smallest absolute Gasteiger partial charge is 0.349 e. The van der Waals surface area contributed by atoms with E-state index < -0.39 is 23.6 Å². The zero-order valence-corrected chi connectivity index (χ0v) is 18.0. The van der Waals surface area contributed by atoms with Gasteiger partial charge in [0.15, 0.2) is 0 Å². The minimum atomic E-state index is -4.27. The molecule has 1 heterocycles. The normalized spacial score (nSPS) is 23.7. The van der Waals surface area contributed by atoms with Gasteiger partial charge < -0.3 is 16.0 Å². The summed E-state index contributed by atoms with van der Waals surface area (Å²) in [6.45, 7) is 0. The van der Waals surface area contributed by atoms with E-state index in [1.807, 2.05) is 12.1 Å². The van der Waals surface area contributed by atoms with Gasteiger partial charge in [0.2, 0.25) is 11.8 Å². The summed E-state index contributed by atoms with van der Waals surface area (Å²) >= 11 is 0. The Bertz CT molecular complexity index is 1050. The molecule has 3 aliphatic rings. The second-order valence-electron chi connectivity index (χ2n) is 10.2. The van der Waals surface area contributed by atoms with E-state index in [-0.39, 0.29) is 62.3 Å².